The van der Waals surface area contributed by atoms with Crippen LogP contribution in [0.2, 0.25) is 0 Å². The highest BCUT2D eigenvalue weighted by atomic mass is 19.3. The summed E-state index contributed by atoms with van der Waals surface area (Å²) in [5.41, 5.74) is 1.88. The summed E-state index contributed by atoms with van der Waals surface area (Å²) in [6.45, 7) is 1.40. The van der Waals surface area contributed by atoms with E-state index in [1.165, 1.54) is 13.1 Å². The predicted octanol–water partition coefficient (Wildman–Crippen LogP) is 3.59. The molecule has 0 aromatic carbocycles. The molecule has 128 valence electrons. The van der Waals surface area contributed by atoms with Crippen LogP contribution >= 0.6 is 0 Å². The molecule has 1 aliphatic carbocycles. The van der Waals surface area contributed by atoms with E-state index in [4.69, 9.17) is 0 Å². The van der Waals surface area contributed by atoms with Crippen LogP contribution in [-0.2, 0) is 4.79 Å². The molecule has 6 nitrogen and oxygen atoms in total. The summed E-state index contributed by atoms with van der Waals surface area (Å²) in [5.74, 6) is 0.485. The first-order valence-electron chi connectivity index (χ1n) is 7.93. The van der Waals surface area contributed by atoms with Gasteiger partial charge in [0, 0.05) is 37.0 Å². The molecule has 0 unspecified atom stereocenters. The zero-order chi connectivity index (χ0) is 17.6. The van der Waals surface area contributed by atoms with Crippen molar-refractivity contribution in [1.29, 1.82) is 0 Å². The minimum Gasteiger partial charge on any atom is -0.311 e. The van der Waals surface area contributed by atoms with Gasteiger partial charge in [-0.3, -0.25) is 4.79 Å². The minimum absolute atomic E-state index is 0.227. The molecule has 3 aromatic heterocycles. The number of halogens is 2. The third-order valence-corrected chi connectivity index (χ3v) is 4.14. The Morgan fingerprint density at radius 1 is 1.36 bits per heavy atom. The molecule has 1 N–H and O–H groups in total. The number of hydrogen-bond acceptors (Lipinski definition) is 4. The maximum absolute atomic E-state index is 12.9. The second-order valence-electron chi connectivity index (χ2n) is 6.07. The molecule has 1 amide bonds. The van der Waals surface area contributed by atoms with Crippen molar-refractivity contribution >= 4 is 22.6 Å². The molecule has 25 heavy (non-hydrogen) atoms. The van der Waals surface area contributed by atoms with Crippen LogP contribution in [-0.4, -0.2) is 25.4 Å². The van der Waals surface area contributed by atoms with Crippen molar-refractivity contribution in [2.24, 2.45) is 0 Å². The summed E-state index contributed by atoms with van der Waals surface area (Å²) < 4.78 is 27.6. The van der Waals surface area contributed by atoms with Crippen LogP contribution in [0.4, 0.5) is 14.6 Å². The van der Waals surface area contributed by atoms with Crippen LogP contribution in [0.5, 0.6) is 0 Å². The highest BCUT2D eigenvalue weighted by Crippen LogP contribution is 2.44. The van der Waals surface area contributed by atoms with Gasteiger partial charge in [0.25, 0.3) is 6.43 Å². The summed E-state index contributed by atoms with van der Waals surface area (Å²) in [7, 11) is 0. The molecule has 0 saturated heterocycles. The van der Waals surface area contributed by atoms with E-state index >= 15 is 0 Å². The van der Waals surface area contributed by atoms with E-state index in [1.807, 2.05) is 6.20 Å². The molecule has 0 bridgehead atoms. The van der Waals surface area contributed by atoms with Crippen molar-refractivity contribution < 1.29 is 13.6 Å². The molecule has 0 radical (unpaired) electrons. The van der Waals surface area contributed by atoms with Crippen molar-refractivity contribution in [3.63, 3.8) is 0 Å². The number of fused-ring (bicyclic) bond motifs is 1. The van der Waals surface area contributed by atoms with Crippen LogP contribution in [0.15, 0.2) is 30.7 Å². The molecular formula is C17H15F2N5O. The van der Waals surface area contributed by atoms with E-state index < -0.39 is 12.2 Å². The number of pyridine rings is 1. The van der Waals surface area contributed by atoms with Gasteiger partial charge in [0.1, 0.15) is 11.6 Å². The molecule has 3 aromatic rings. The SMILES string of the molecule is CC(=O)Nc1cc2c(cn1)c(C1CC1)cn2-c1ccnc(C(F)F)n1. The second kappa shape index (κ2) is 5.87. The van der Waals surface area contributed by atoms with Gasteiger partial charge in [-0.25, -0.2) is 23.7 Å². The highest BCUT2D eigenvalue weighted by Gasteiger charge is 2.28. The van der Waals surface area contributed by atoms with Gasteiger partial charge in [-0.15, -0.1) is 0 Å². The van der Waals surface area contributed by atoms with Crippen LogP contribution in [0.1, 0.15) is 43.5 Å². The first-order valence-corrected chi connectivity index (χ1v) is 7.93. The second-order valence-corrected chi connectivity index (χ2v) is 6.07. The predicted molar refractivity (Wildman–Crippen MR) is 87.9 cm³/mol. The molecule has 8 heteroatoms. The lowest BCUT2D eigenvalue weighted by Crippen LogP contribution is -2.07. The standard InChI is InChI=1S/C17H15F2N5O/c1-9(25)22-14-6-13-11(7-21-14)12(10-2-3-10)8-24(13)15-4-5-20-17(23-15)16(18)19/h4-8,10,16H,2-3H2,1H3,(H,21,22,25). The summed E-state index contributed by atoms with van der Waals surface area (Å²) in [6.07, 6.45) is 4.40. The number of rotatable bonds is 4. The Hall–Kier alpha value is -2.90. The van der Waals surface area contributed by atoms with Gasteiger partial charge in [-0.1, -0.05) is 0 Å². The number of nitrogens with zero attached hydrogens (tertiary/aromatic N) is 4. The lowest BCUT2D eigenvalue weighted by atomic mass is 10.1. The number of amides is 1. The zero-order valence-electron chi connectivity index (χ0n) is 13.4. The Kier molecular flexibility index (Phi) is 3.67. The molecule has 0 aliphatic heterocycles. The quantitative estimate of drug-likeness (QED) is 0.786. The maximum atomic E-state index is 12.9. The number of carbonyl (C=O) groups is 1. The minimum atomic E-state index is -2.73. The fourth-order valence-electron chi connectivity index (χ4n) is 2.91. The van der Waals surface area contributed by atoms with E-state index in [-0.39, 0.29) is 5.91 Å². The van der Waals surface area contributed by atoms with E-state index in [9.17, 15) is 13.6 Å². The van der Waals surface area contributed by atoms with Gasteiger partial charge in [-0.2, -0.15) is 0 Å². The smallest absolute Gasteiger partial charge is 0.297 e. The highest BCUT2D eigenvalue weighted by molar-refractivity contribution is 5.92. The number of nitrogens with one attached hydrogen (secondary N) is 1. The fourth-order valence-corrected chi connectivity index (χ4v) is 2.91. The average molecular weight is 343 g/mol. The summed E-state index contributed by atoms with van der Waals surface area (Å²) in [5, 5.41) is 3.58. The number of alkyl halides is 2. The van der Waals surface area contributed by atoms with Crippen LogP contribution in [0.25, 0.3) is 16.7 Å². The molecular weight excluding hydrogens is 328 g/mol. The van der Waals surface area contributed by atoms with Gasteiger partial charge in [0.15, 0.2) is 5.82 Å². The molecule has 1 aliphatic rings. The topological polar surface area (TPSA) is 72.7 Å². The summed E-state index contributed by atoms with van der Waals surface area (Å²) >= 11 is 0. The van der Waals surface area contributed by atoms with Crippen molar-refractivity contribution in [1.82, 2.24) is 19.5 Å². The zero-order valence-corrected chi connectivity index (χ0v) is 13.4. The lowest BCUT2D eigenvalue weighted by molar-refractivity contribution is -0.114. The van der Waals surface area contributed by atoms with Gasteiger partial charge >= 0.3 is 0 Å². The largest absolute Gasteiger partial charge is 0.311 e. The van der Waals surface area contributed by atoms with Crippen molar-refractivity contribution in [3.8, 4) is 5.82 Å². The fraction of sp³-hybridized carbons (Fsp3) is 0.294. The van der Waals surface area contributed by atoms with Crippen molar-refractivity contribution in [2.45, 2.75) is 32.1 Å². The van der Waals surface area contributed by atoms with Crippen LogP contribution < -0.4 is 5.32 Å². The maximum Gasteiger partial charge on any atom is 0.297 e. The van der Waals surface area contributed by atoms with Crippen molar-refractivity contribution in [2.75, 3.05) is 5.32 Å². The Balaban J connectivity index is 1.89. The lowest BCUT2D eigenvalue weighted by Gasteiger charge is -2.07. The Bertz CT molecular complexity index is 965. The third-order valence-electron chi connectivity index (χ3n) is 4.14. The normalized spacial score (nSPS) is 14.2. The average Bonchev–Trinajstić information content (AvgIpc) is 3.35. The monoisotopic (exact) mass is 343 g/mol. The first kappa shape index (κ1) is 15.6. The summed E-state index contributed by atoms with van der Waals surface area (Å²) in [4.78, 5) is 23.1. The van der Waals surface area contributed by atoms with E-state index in [0.717, 1.165) is 29.3 Å². The van der Waals surface area contributed by atoms with E-state index in [2.05, 4.69) is 20.3 Å². The first-order chi connectivity index (χ1) is 12.0. The van der Waals surface area contributed by atoms with E-state index in [0.29, 0.717) is 17.6 Å². The van der Waals surface area contributed by atoms with Gasteiger partial charge in [-0.05, 0) is 30.4 Å². The molecule has 3 heterocycles. The number of hydrogen-bond donors (Lipinski definition) is 1. The number of aromatic nitrogens is 4. The van der Waals surface area contributed by atoms with E-state index in [1.54, 1.807) is 22.9 Å². The molecule has 4 rings (SSSR count). The van der Waals surface area contributed by atoms with Gasteiger partial charge < -0.3 is 9.88 Å². The molecule has 1 saturated carbocycles. The molecule has 0 spiro atoms. The van der Waals surface area contributed by atoms with Crippen molar-refractivity contribution in [3.05, 3.63) is 42.1 Å². The number of carbonyl (C=O) groups excluding carboxylic acids is 1. The van der Waals surface area contributed by atoms with Crippen LogP contribution in [0.3, 0.4) is 0 Å². The Labute approximate surface area is 141 Å². The molecule has 0 atom stereocenters. The van der Waals surface area contributed by atoms with Gasteiger partial charge in [0.05, 0.1) is 5.52 Å². The molecule has 1 fully saturated rings. The van der Waals surface area contributed by atoms with Gasteiger partial charge in [0.2, 0.25) is 5.91 Å². The summed E-state index contributed by atoms with van der Waals surface area (Å²) in [6, 6.07) is 3.31. The number of anilines is 1. The third kappa shape index (κ3) is 2.95. The Morgan fingerprint density at radius 3 is 2.84 bits per heavy atom. The Morgan fingerprint density at radius 2 is 2.16 bits per heavy atom. The van der Waals surface area contributed by atoms with Crippen LogP contribution in [0, 0.1) is 0 Å².